The van der Waals surface area contributed by atoms with Gasteiger partial charge in [0.15, 0.2) is 0 Å². The lowest BCUT2D eigenvalue weighted by molar-refractivity contribution is -0.116. The molecule has 1 atom stereocenters. The van der Waals surface area contributed by atoms with Crippen molar-refractivity contribution in [3.63, 3.8) is 0 Å². The summed E-state index contributed by atoms with van der Waals surface area (Å²) in [4.78, 5) is 14.8. The van der Waals surface area contributed by atoms with Crippen molar-refractivity contribution in [2.24, 2.45) is 0 Å². The molecule has 1 unspecified atom stereocenters. The number of rotatable bonds is 5. The van der Waals surface area contributed by atoms with Gasteiger partial charge in [0.2, 0.25) is 5.91 Å². The van der Waals surface area contributed by atoms with E-state index in [1.165, 1.54) is 19.3 Å². The number of likely N-dealkylation sites (tertiary alicyclic amines) is 1. The summed E-state index contributed by atoms with van der Waals surface area (Å²) in [5.41, 5.74) is 3.56. The molecule has 0 radical (unpaired) electrons. The van der Waals surface area contributed by atoms with Crippen LogP contribution in [-0.4, -0.2) is 42.2 Å². The van der Waals surface area contributed by atoms with Gasteiger partial charge in [-0.3, -0.25) is 9.69 Å². The Morgan fingerprint density at radius 3 is 2.75 bits per heavy atom. The highest BCUT2D eigenvalue weighted by Gasteiger charge is 2.29. The third-order valence-electron chi connectivity index (χ3n) is 5.82. The van der Waals surface area contributed by atoms with Crippen molar-refractivity contribution in [3.8, 4) is 11.5 Å². The molecule has 0 aliphatic carbocycles. The molecule has 4 rings (SSSR count). The maximum atomic E-state index is 12.3. The molecule has 0 saturated carbocycles. The fraction of sp³-hybridized carbons (Fsp3) is 0.435. The number of nitrogens with zero attached hydrogens (tertiary/aromatic N) is 1. The highest BCUT2D eigenvalue weighted by atomic mass is 16.5. The van der Waals surface area contributed by atoms with Gasteiger partial charge in [-0.25, -0.2) is 0 Å². The van der Waals surface area contributed by atoms with E-state index in [0.29, 0.717) is 18.7 Å². The quantitative estimate of drug-likeness (QED) is 0.822. The van der Waals surface area contributed by atoms with Crippen LogP contribution in [0.3, 0.4) is 0 Å². The van der Waals surface area contributed by atoms with E-state index in [1.807, 2.05) is 37.3 Å². The van der Waals surface area contributed by atoms with E-state index in [2.05, 4.69) is 10.2 Å². The fourth-order valence-corrected chi connectivity index (χ4v) is 4.26. The second-order valence-corrected chi connectivity index (χ2v) is 7.82. The number of aryl methyl sites for hydroxylation is 1. The molecule has 148 valence electrons. The van der Waals surface area contributed by atoms with Gasteiger partial charge < -0.3 is 15.2 Å². The minimum Gasteiger partial charge on any atom is -0.508 e. The van der Waals surface area contributed by atoms with Crippen LogP contribution in [0.1, 0.15) is 48.3 Å². The van der Waals surface area contributed by atoms with Gasteiger partial charge in [0.25, 0.3) is 0 Å². The number of hydrogen-bond acceptors (Lipinski definition) is 4. The van der Waals surface area contributed by atoms with Gasteiger partial charge in [-0.1, -0.05) is 24.6 Å². The van der Waals surface area contributed by atoms with E-state index >= 15 is 0 Å². The topological polar surface area (TPSA) is 61.8 Å². The van der Waals surface area contributed by atoms with Crippen LogP contribution in [-0.2, 0) is 4.79 Å². The zero-order chi connectivity index (χ0) is 19.5. The summed E-state index contributed by atoms with van der Waals surface area (Å²) >= 11 is 0. The van der Waals surface area contributed by atoms with E-state index in [4.69, 9.17) is 4.74 Å². The summed E-state index contributed by atoms with van der Waals surface area (Å²) < 4.78 is 6.17. The van der Waals surface area contributed by atoms with Crippen molar-refractivity contribution in [3.05, 3.63) is 53.1 Å². The van der Waals surface area contributed by atoms with Crippen LogP contribution in [0.15, 0.2) is 36.4 Å². The Hall–Kier alpha value is -2.53. The monoisotopic (exact) mass is 380 g/mol. The summed E-state index contributed by atoms with van der Waals surface area (Å²) in [5.74, 6) is 0.930. The highest BCUT2D eigenvalue weighted by molar-refractivity contribution is 5.95. The molecule has 0 bridgehead atoms. The van der Waals surface area contributed by atoms with Crippen molar-refractivity contribution in [2.45, 2.75) is 38.5 Å². The molecule has 1 fully saturated rings. The molecule has 0 aromatic heterocycles. The van der Waals surface area contributed by atoms with Gasteiger partial charge in [0.1, 0.15) is 18.1 Å². The number of amides is 1. The number of phenols is 1. The van der Waals surface area contributed by atoms with Gasteiger partial charge >= 0.3 is 0 Å². The van der Waals surface area contributed by atoms with Crippen LogP contribution in [0.5, 0.6) is 11.5 Å². The first-order valence-electron chi connectivity index (χ1n) is 10.2. The lowest BCUT2D eigenvalue weighted by Gasteiger charge is -2.29. The Balaban J connectivity index is 1.56. The van der Waals surface area contributed by atoms with E-state index in [-0.39, 0.29) is 17.6 Å². The van der Waals surface area contributed by atoms with Gasteiger partial charge in [0, 0.05) is 36.2 Å². The second-order valence-electron chi connectivity index (χ2n) is 7.82. The molecule has 2 N–H and O–H groups in total. The largest absolute Gasteiger partial charge is 0.508 e. The van der Waals surface area contributed by atoms with Gasteiger partial charge in [0.05, 0.1) is 0 Å². The molecule has 2 aliphatic heterocycles. The van der Waals surface area contributed by atoms with Crippen LogP contribution in [0, 0.1) is 6.92 Å². The minimum atomic E-state index is -0.0748. The smallest absolute Gasteiger partial charge is 0.225 e. The Kier molecular flexibility index (Phi) is 5.53. The molecule has 0 spiro atoms. The molecule has 2 heterocycles. The van der Waals surface area contributed by atoms with Crippen molar-refractivity contribution >= 4 is 11.6 Å². The fourth-order valence-electron chi connectivity index (χ4n) is 4.26. The molecule has 2 aromatic carbocycles. The van der Waals surface area contributed by atoms with Crippen molar-refractivity contribution in [1.29, 1.82) is 0 Å². The maximum Gasteiger partial charge on any atom is 0.225 e. The number of aromatic hydroxyl groups is 1. The number of anilines is 1. The summed E-state index contributed by atoms with van der Waals surface area (Å²) in [7, 11) is 0. The molecule has 2 aromatic rings. The number of ether oxygens (including phenoxy) is 1. The first-order valence-corrected chi connectivity index (χ1v) is 10.2. The third kappa shape index (κ3) is 3.99. The number of hydrogen-bond donors (Lipinski definition) is 2. The number of fused-ring (bicyclic) bond motifs is 1. The Bertz CT molecular complexity index is 859. The van der Waals surface area contributed by atoms with Crippen LogP contribution >= 0.6 is 0 Å². The molecule has 1 amide bonds. The second kappa shape index (κ2) is 8.23. The SMILES string of the molecule is Cc1cc2c(cc1O)NC(=O)CC2c1ccccc1OCCN1CCCCC1. The lowest BCUT2D eigenvalue weighted by atomic mass is 9.83. The molecule has 5 heteroatoms. The maximum absolute atomic E-state index is 12.3. The average molecular weight is 380 g/mol. The molecule has 28 heavy (non-hydrogen) atoms. The molecular formula is C23H28N2O3. The molecular weight excluding hydrogens is 352 g/mol. The number of phenolic OH excluding ortho intramolecular Hbond substituents is 1. The summed E-state index contributed by atoms with van der Waals surface area (Å²) in [6.45, 7) is 5.78. The first-order chi connectivity index (χ1) is 13.6. The Morgan fingerprint density at radius 1 is 1.14 bits per heavy atom. The third-order valence-corrected chi connectivity index (χ3v) is 5.82. The van der Waals surface area contributed by atoms with Crippen LogP contribution < -0.4 is 10.1 Å². The number of benzene rings is 2. The number of para-hydroxylation sites is 1. The normalized spacial score (nSPS) is 19.8. The highest BCUT2D eigenvalue weighted by Crippen LogP contribution is 2.42. The lowest BCUT2D eigenvalue weighted by Crippen LogP contribution is -2.33. The average Bonchev–Trinajstić information content (AvgIpc) is 2.70. The molecule has 1 saturated heterocycles. The zero-order valence-electron chi connectivity index (χ0n) is 16.4. The van der Waals surface area contributed by atoms with E-state index in [0.717, 1.165) is 42.1 Å². The summed E-state index contributed by atoms with van der Waals surface area (Å²) in [6, 6.07) is 11.6. The van der Waals surface area contributed by atoms with Crippen molar-refractivity contribution < 1.29 is 14.6 Å². The van der Waals surface area contributed by atoms with E-state index < -0.39 is 0 Å². The van der Waals surface area contributed by atoms with Crippen LogP contribution in [0.25, 0.3) is 0 Å². The predicted molar refractivity (Wildman–Crippen MR) is 110 cm³/mol. The summed E-state index contributed by atoms with van der Waals surface area (Å²) in [5, 5.41) is 12.9. The minimum absolute atomic E-state index is 0.0381. The van der Waals surface area contributed by atoms with Gasteiger partial charge in [-0.2, -0.15) is 0 Å². The van der Waals surface area contributed by atoms with E-state index in [9.17, 15) is 9.90 Å². The zero-order valence-corrected chi connectivity index (χ0v) is 16.4. The van der Waals surface area contributed by atoms with Crippen molar-refractivity contribution in [1.82, 2.24) is 4.90 Å². The number of nitrogens with one attached hydrogen (secondary N) is 1. The van der Waals surface area contributed by atoms with E-state index in [1.54, 1.807) is 6.07 Å². The number of carbonyl (C=O) groups is 1. The molecule has 2 aliphatic rings. The van der Waals surface area contributed by atoms with Crippen molar-refractivity contribution in [2.75, 3.05) is 31.6 Å². The summed E-state index contributed by atoms with van der Waals surface area (Å²) in [6.07, 6.45) is 4.26. The van der Waals surface area contributed by atoms with Crippen LogP contribution in [0.4, 0.5) is 5.69 Å². The Labute approximate surface area is 166 Å². The Morgan fingerprint density at radius 2 is 1.93 bits per heavy atom. The first kappa shape index (κ1) is 18.8. The standard InChI is InChI=1S/C23H28N2O3/c1-16-13-19-18(14-23(27)24-20(19)15-21(16)26)17-7-3-4-8-22(17)28-12-11-25-9-5-2-6-10-25/h3-4,7-8,13,15,18,26H,2,5-6,9-12,14H2,1H3,(H,24,27). The van der Waals surface area contributed by atoms with Gasteiger partial charge in [-0.15, -0.1) is 0 Å². The number of piperidine rings is 1. The predicted octanol–water partition coefficient (Wildman–Crippen LogP) is 4.04. The number of carbonyl (C=O) groups excluding carboxylic acids is 1. The van der Waals surface area contributed by atoms with Gasteiger partial charge in [-0.05, 0) is 56.1 Å². The molecule has 5 nitrogen and oxygen atoms in total. The van der Waals surface area contributed by atoms with Crippen LogP contribution in [0.2, 0.25) is 0 Å².